The fourth-order valence-electron chi connectivity index (χ4n) is 2.10. The highest BCUT2D eigenvalue weighted by molar-refractivity contribution is 5.77. The van der Waals surface area contributed by atoms with Gasteiger partial charge in [-0.05, 0) is 57.9 Å². The minimum Gasteiger partial charge on any atom is -0.489 e. The van der Waals surface area contributed by atoms with Crippen LogP contribution in [0.25, 0.3) is 11.0 Å². The number of hydrogen-bond donors (Lipinski definition) is 0. The molecule has 0 aliphatic carbocycles. The lowest BCUT2D eigenvalue weighted by molar-refractivity contribution is 0.361. The maximum absolute atomic E-state index is 11.2. The summed E-state index contributed by atoms with van der Waals surface area (Å²) >= 11 is 0. The largest absolute Gasteiger partial charge is 0.489 e. The van der Waals surface area contributed by atoms with Crippen LogP contribution in [-0.4, -0.2) is 6.61 Å². The molecule has 0 aliphatic heterocycles. The lowest BCUT2D eigenvalue weighted by Gasteiger charge is -2.05. The van der Waals surface area contributed by atoms with Crippen LogP contribution in [0.15, 0.2) is 62.8 Å². The van der Waals surface area contributed by atoms with Gasteiger partial charge in [0, 0.05) is 17.5 Å². The highest BCUT2D eigenvalue weighted by Crippen LogP contribution is 2.19. The van der Waals surface area contributed by atoms with Crippen molar-refractivity contribution in [2.45, 2.75) is 33.6 Å². The summed E-state index contributed by atoms with van der Waals surface area (Å²) in [5, 5.41) is 0.889. The molecule has 0 spiro atoms. The highest BCUT2D eigenvalue weighted by atomic mass is 16.5. The molecule has 0 fully saturated rings. The van der Waals surface area contributed by atoms with E-state index in [1.54, 1.807) is 12.1 Å². The molecule has 1 aromatic heterocycles. The van der Waals surface area contributed by atoms with E-state index in [0.717, 1.165) is 18.2 Å². The molecule has 1 heterocycles. The van der Waals surface area contributed by atoms with Crippen LogP contribution < -0.4 is 10.4 Å². The number of rotatable bonds is 6. The second-order valence-corrected chi connectivity index (χ2v) is 5.64. The minimum absolute atomic E-state index is 0.348. The van der Waals surface area contributed by atoms with Crippen LogP contribution in [0.4, 0.5) is 0 Å². The predicted octanol–water partition coefficient (Wildman–Crippen LogP) is 4.86. The van der Waals surface area contributed by atoms with Crippen molar-refractivity contribution >= 4 is 11.0 Å². The second-order valence-electron chi connectivity index (χ2n) is 5.64. The molecule has 0 bridgehead atoms. The van der Waals surface area contributed by atoms with E-state index in [1.165, 1.54) is 17.2 Å². The molecule has 0 radical (unpaired) electrons. The zero-order chi connectivity index (χ0) is 15.9. The maximum atomic E-state index is 11.2. The molecule has 0 aliphatic rings. The van der Waals surface area contributed by atoms with Gasteiger partial charge in [-0.15, -0.1) is 0 Å². The Morgan fingerprint density at radius 1 is 1.14 bits per heavy atom. The van der Waals surface area contributed by atoms with E-state index in [4.69, 9.17) is 9.15 Å². The van der Waals surface area contributed by atoms with Gasteiger partial charge < -0.3 is 9.15 Å². The monoisotopic (exact) mass is 298 g/mol. The highest BCUT2D eigenvalue weighted by Gasteiger charge is 2.00. The van der Waals surface area contributed by atoms with Crippen LogP contribution in [0.2, 0.25) is 0 Å². The lowest BCUT2D eigenvalue weighted by atomic mass is 10.1. The first kappa shape index (κ1) is 16.1. The molecule has 0 unspecified atom stereocenters. The minimum atomic E-state index is -0.348. The Bertz CT molecular complexity index is 747. The summed E-state index contributed by atoms with van der Waals surface area (Å²) in [7, 11) is 0. The first-order chi connectivity index (χ1) is 10.5. The van der Waals surface area contributed by atoms with Gasteiger partial charge in [-0.1, -0.05) is 17.2 Å². The van der Waals surface area contributed by atoms with Crippen LogP contribution in [0.5, 0.6) is 5.75 Å². The van der Waals surface area contributed by atoms with E-state index < -0.39 is 0 Å². The van der Waals surface area contributed by atoms with Crippen LogP contribution in [-0.2, 0) is 0 Å². The lowest BCUT2D eigenvalue weighted by Crippen LogP contribution is -1.97. The van der Waals surface area contributed by atoms with E-state index >= 15 is 0 Å². The van der Waals surface area contributed by atoms with Crippen molar-refractivity contribution < 1.29 is 9.15 Å². The summed E-state index contributed by atoms with van der Waals surface area (Å²) in [5.74, 6) is 0.704. The Kier molecular flexibility index (Phi) is 5.59. The van der Waals surface area contributed by atoms with E-state index in [0.29, 0.717) is 17.9 Å². The third kappa shape index (κ3) is 4.92. The average molecular weight is 298 g/mol. The fourth-order valence-corrected chi connectivity index (χ4v) is 2.10. The summed E-state index contributed by atoms with van der Waals surface area (Å²) in [4.78, 5) is 11.2. The van der Waals surface area contributed by atoms with E-state index in [-0.39, 0.29) is 5.63 Å². The van der Waals surface area contributed by atoms with Gasteiger partial charge in [-0.2, -0.15) is 0 Å². The molecule has 3 nitrogen and oxygen atoms in total. The van der Waals surface area contributed by atoms with Gasteiger partial charge in [0.05, 0.1) is 0 Å². The van der Waals surface area contributed by atoms with Gasteiger partial charge in [-0.3, -0.25) is 0 Å². The van der Waals surface area contributed by atoms with Crippen molar-refractivity contribution in [3.05, 3.63) is 64.1 Å². The maximum Gasteiger partial charge on any atom is 0.336 e. The molecule has 116 valence electrons. The molecular weight excluding hydrogens is 276 g/mol. The smallest absolute Gasteiger partial charge is 0.336 e. The van der Waals surface area contributed by atoms with E-state index in [9.17, 15) is 4.79 Å². The van der Waals surface area contributed by atoms with Crippen molar-refractivity contribution in [3.63, 3.8) is 0 Å². The number of benzene rings is 1. The van der Waals surface area contributed by atoms with Gasteiger partial charge in [0.2, 0.25) is 0 Å². The van der Waals surface area contributed by atoms with Crippen molar-refractivity contribution in [3.8, 4) is 5.75 Å². The molecule has 0 N–H and O–H groups in total. The Hall–Kier alpha value is -2.29. The molecule has 22 heavy (non-hydrogen) atoms. The molecule has 1 aromatic carbocycles. The second kappa shape index (κ2) is 7.64. The number of ether oxygens (including phenoxy) is 1. The fraction of sp³-hybridized carbons (Fsp3) is 0.316. The summed E-state index contributed by atoms with van der Waals surface area (Å²) in [5.41, 5.74) is 2.86. The molecule has 0 amide bonds. The van der Waals surface area contributed by atoms with Crippen LogP contribution in [0.3, 0.4) is 0 Å². The first-order valence-electron chi connectivity index (χ1n) is 7.50. The zero-order valence-electron chi connectivity index (χ0n) is 13.4. The van der Waals surface area contributed by atoms with Crippen molar-refractivity contribution in [2.24, 2.45) is 0 Å². The Labute approximate surface area is 130 Å². The summed E-state index contributed by atoms with van der Waals surface area (Å²) < 4.78 is 10.8. The third-order valence-electron chi connectivity index (χ3n) is 3.37. The van der Waals surface area contributed by atoms with Gasteiger partial charge in [0.25, 0.3) is 0 Å². The normalized spacial score (nSPS) is 11.5. The Morgan fingerprint density at radius 2 is 1.91 bits per heavy atom. The number of fused-ring (bicyclic) bond motifs is 1. The van der Waals surface area contributed by atoms with Gasteiger partial charge in [-0.25, -0.2) is 4.79 Å². The van der Waals surface area contributed by atoms with Crippen molar-refractivity contribution in [1.82, 2.24) is 0 Å². The standard InChI is InChI=1S/C19H22O3/c1-14(2)5-4-6-15(3)11-12-21-17-9-7-16-8-10-19(20)22-18(16)13-17/h5,7-11,13H,4,6,12H2,1-3H3. The molecule has 2 rings (SSSR count). The van der Waals surface area contributed by atoms with Gasteiger partial charge >= 0.3 is 5.63 Å². The Balaban J connectivity index is 1.94. The van der Waals surface area contributed by atoms with Crippen LogP contribution in [0, 0.1) is 0 Å². The van der Waals surface area contributed by atoms with Gasteiger partial charge in [0.15, 0.2) is 0 Å². The SMILES string of the molecule is CC(C)=CCCC(C)=CCOc1ccc2ccc(=O)oc2c1. The number of hydrogen-bond acceptors (Lipinski definition) is 3. The third-order valence-corrected chi connectivity index (χ3v) is 3.37. The quantitative estimate of drug-likeness (QED) is 0.564. The van der Waals surface area contributed by atoms with Crippen LogP contribution >= 0.6 is 0 Å². The van der Waals surface area contributed by atoms with E-state index in [2.05, 4.69) is 32.9 Å². The number of allylic oxidation sites excluding steroid dienone is 3. The van der Waals surface area contributed by atoms with Crippen LogP contribution in [0.1, 0.15) is 33.6 Å². The summed E-state index contributed by atoms with van der Waals surface area (Å²) in [6.45, 7) is 6.85. The predicted molar refractivity (Wildman–Crippen MR) is 90.4 cm³/mol. The molecule has 0 saturated heterocycles. The summed E-state index contributed by atoms with van der Waals surface area (Å²) in [6, 6.07) is 8.69. The molecular formula is C19H22O3. The topological polar surface area (TPSA) is 39.4 Å². The molecule has 0 atom stereocenters. The molecule has 2 aromatic rings. The van der Waals surface area contributed by atoms with Gasteiger partial charge in [0.1, 0.15) is 17.9 Å². The van der Waals surface area contributed by atoms with Crippen molar-refractivity contribution in [2.75, 3.05) is 6.61 Å². The summed E-state index contributed by atoms with van der Waals surface area (Å²) in [6.07, 6.45) is 6.43. The molecule has 3 heteroatoms. The molecule has 0 saturated carbocycles. The Morgan fingerprint density at radius 3 is 2.68 bits per heavy atom. The first-order valence-corrected chi connectivity index (χ1v) is 7.50. The van der Waals surface area contributed by atoms with E-state index in [1.807, 2.05) is 12.1 Å². The zero-order valence-corrected chi connectivity index (χ0v) is 13.4. The van der Waals surface area contributed by atoms with Crippen molar-refractivity contribution in [1.29, 1.82) is 0 Å². The average Bonchev–Trinajstić information content (AvgIpc) is 2.46.